The lowest BCUT2D eigenvalue weighted by Gasteiger charge is -2.26. The molecule has 1 aliphatic heterocycles. The lowest BCUT2D eigenvalue weighted by atomic mass is 10.0. The molecule has 1 N–H and O–H groups in total. The molecule has 200 valence electrons. The molecule has 0 unspecified atom stereocenters. The van der Waals surface area contributed by atoms with Crippen LogP contribution in [0.15, 0.2) is 72.8 Å². The van der Waals surface area contributed by atoms with Gasteiger partial charge in [0.1, 0.15) is 18.0 Å². The molecule has 0 bridgehead atoms. The zero-order valence-corrected chi connectivity index (χ0v) is 22.3. The number of allylic oxidation sites excluding steroid dienone is 1. The van der Waals surface area contributed by atoms with Crippen molar-refractivity contribution in [3.8, 4) is 11.5 Å². The molecule has 1 aliphatic rings. The van der Waals surface area contributed by atoms with E-state index in [9.17, 15) is 18.8 Å². The third-order valence-electron chi connectivity index (χ3n) is 5.72. The van der Waals surface area contributed by atoms with Gasteiger partial charge in [0.25, 0.3) is 11.8 Å². The number of hydrogen-bond donors (Lipinski definition) is 1. The largest absolute Gasteiger partial charge is 0.490 e. The molecule has 1 heterocycles. The van der Waals surface area contributed by atoms with Gasteiger partial charge in [-0.05, 0) is 61.4 Å². The van der Waals surface area contributed by atoms with E-state index in [-0.39, 0.29) is 27.9 Å². The van der Waals surface area contributed by atoms with E-state index in [0.717, 1.165) is 4.90 Å². The predicted octanol–water partition coefficient (Wildman–Crippen LogP) is 6.51. The highest BCUT2D eigenvalue weighted by Gasteiger charge is 2.37. The van der Waals surface area contributed by atoms with Crippen molar-refractivity contribution >= 4 is 52.8 Å². The smallest absolute Gasteiger partial charge is 0.335 e. The normalized spacial score (nSPS) is 14.4. The lowest BCUT2D eigenvalue weighted by Crippen LogP contribution is -2.54. The van der Waals surface area contributed by atoms with E-state index >= 15 is 0 Å². The van der Waals surface area contributed by atoms with Crippen LogP contribution in [0.25, 0.3) is 6.08 Å². The predicted molar refractivity (Wildman–Crippen MR) is 148 cm³/mol. The van der Waals surface area contributed by atoms with Gasteiger partial charge in [-0.25, -0.2) is 14.1 Å². The molecule has 7 nitrogen and oxygen atoms in total. The van der Waals surface area contributed by atoms with Crippen molar-refractivity contribution in [1.82, 2.24) is 5.32 Å². The Bertz CT molecular complexity index is 1500. The average molecular weight is 569 g/mol. The highest BCUT2D eigenvalue weighted by molar-refractivity contribution is 6.43. The zero-order valence-electron chi connectivity index (χ0n) is 20.8. The summed E-state index contributed by atoms with van der Waals surface area (Å²) < 4.78 is 25.9. The molecule has 0 aromatic heterocycles. The minimum atomic E-state index is -0.917. The van der Waals surface area contributed by atoms with Crippen LogP contribution in [0.2, 0.25) is 10.0 Å². The monoisotopic (exact) mass is 568 g/mol. The number of barbiturate groups is 1. The average Bonchev–Trinajstić information content (AvgIpc) is 2.89. The highest BCUT2D eigenvalue weighted by atomic mass is 35.5. The molecular formula is C29H23Cl2FN2O5. The second kappa shape index (κ2) is 12.1. The quantitative estimate of drug-likeness (QED) is 0.181. The summed E-state index contributed by atoms with van der Waals surface area (Å²) in [7, 11) is 0. The number of halogens is 3. The highest BCUT2D eigenvalue weighted by Crippen LogP contribution is 2.36. The molecule has 3 aromatic carbocycles. The number of carbonyl (C=O) groups is 3. The van der Waals surface area contributed by atoms with Gasteiger partial charge >= 0.3 is 6.03 Å². The van der Waals surface area contributed by atoms with Crippen LogP contribution in [0.1, 0.15) is 23.6 Å². The summed E-state index contributed by atoms with van der Waals surface area (Å²) in [5, 5.41) is 2.55. The van der Waals surface area contributed by atoms with E-state index in [1.807, 2.05) is 0 Å². The summed E-state index contributed by atoms with van der Waals surface area (Å²) >= 11 is 12.0. The Balaban J connectivity index is 1.73. The molecule has 3 aromatic rings. The van der Waals surface area contributed by atoms with Crippen molar-refractivity contribution in [2.45, 2.75) is 20.0 Å². The molecule has 0 spiro atoms. The summed E-state index contributed by atoms with van der Waals surface area (Å²) in [5.74, 6) is -1.38. The Hall–Kier alpha value is -4.14. The van der Waals surface area contributed by atoms with E-state index in [1.165, 1.54) is 30.3 Å². The zero-order chi connectivity index (χ0) is 28.1. The summed E-state index contributed by atoms with van der Waals surface area (Å²) in [5.41, 5.74) is 1.31. The van der Waals surface area contributed by atoms with Gasteiger partial charge in [0.15, 0.2) is 11.5 Å². The number of nitrogens with one attached hydrogen (secondary N) is 1. The number of benzene rings is 3. The fraction of sp³-hybridized carbons (Fsp3) is 0.138. The number of ether oxygens (including phenoxy) is 2. The molecule has 0 aliphatic carbocycles. The molecule has 0 radical (unpaired) electrons. The van der Waals surface area contributed by atoms with Crippen LogP contribution in [-0.2, 0) is 22.6 Å². The minimum Gasteiger partial charge on any atom is -0.490 e. The standard InChI is InChI=1S/C29H23Cl2FN2O5/c1-3-7-18-12-17(14-25(38-4-2)26(18)39-16-19-8-5-6-9-24(19)32)13-21-27(35)33-29(37)34(28(21)36)20-10-11-22(30)23(31)15-20/h3,5-6,8-15H,1,4,7,16H2,2H3,(H,33,35,37)/b21-13+. The van der Waals surface area contributed by atoms with Gasteiger partial charge in [-0.2, -0.15) is 0 Å². The first-order valence-electron chi connectivity index (χ1n) is 11.9. The van der Waals surface area contributed by atoms with Crippen molar-refractivity contribution < 1.29 is 28.2 Å². The Morgan fingerprint density at radius 2 is 1.77 bits per heavy atom. The maximum atomic E-state index is 14.2. The fourth-order valence-electron chi connectivity index (χ4n) is 3.95. The first-order chi connectivity index (χ1) is 18.7. The number of rotatable bonds is 9. The van der Waals surface area contributed by atoms with Gasteiger partial charge in [-0.3, -0.25) is 14.9 Å². The molecule has 4 rings (SSSR count). The molecule has 1 fully saturated rings. The van der Waals surface area contributed by atoms with Gasteiger partial charge in [0.05, 0.1) is 22.3 Å². The summed E-state index contributed by atoms with van der Waals surface area (Å²) in [6.45, 7) is 5.83. The minimum absolute atomic E-state index is 0.0427. The van der Waals surface area contributed by atoms with Gasteiger partial charge in [0.2, 0.25) is 0 Å². The number of nitrogens with zero attached hydrogens (tertiary/aromatic N) is 1. The maximum absolute atomic E-state index is 14.2. The first kappa shape index (κ1) is 27.9. The van der Waals surface area contributed by atoms with Crippen LogP contribution in [0.5, 0.6) is 11.5 Å². The third kappa shape index (κ3) is 6.13. The summed E-state index contributed by atoms with van der Waals surface area (Å²) in [4.78, 5) is 39.4. The summed E-state index contributed by atoms with van der Waals surface area (Å²) in [6.07, 6.45) is 3.36. The number of anilines is 1. The molecule has 1 saturated heterocycles. The molecule has 39 heavy (non-hydrogen) atoms. The first-order valence-corrected chi connectivity index (χ1v) is 12.6. The van der Waals surface area contributed by atoms with E-state index < -0.39 is 23.7 Å². The van der Waals surface area contributed by atoms with E-state index in [4.69, 9.17) is 32.7 Å². The van der Waals surface area contributed by atoms with Crippen LogP contribution in [0.4, 0.5) is 14.9 Å². The van der Waals surface area contributed by atoms with Crippen molar-refractivity contribution in [1.29, 1.82) is 0 Å². The lowest BCUT2D eigenvalue weighted by molar-refractivity contribution is -0.122. The maximum Gasteiger partial charge on any atom is 0.335 e. The van der Waals surface area contributed by atoms with Gasteiger partial charge < -0.3 is 9.47 Å². The SMILES string of the molecule is C=CCc1cc(/C=C2\C(=O)NC(=O)N(c3ccc(Cl)c(Cl)c3)C2=O)cc(OCC)c1OCc1ccccc1F. The fourth-order valence-corrected chi connectivity index (χ4v) is 4.24. The molecule has 10 heteroatoms. The second-order valence-corrected chi connectivity index (χ2v) is 9.18. The Kier molecular flexibility index (Phi) is 8.69. The van der Waals surface area contributed by atoms with Gasteiger partial charge in [0, 0.05) is 11.1 Å². The Labute approximate surface area is 234 Å². The van der Waals surface area contributed by atoms with Crippen LogP contribution in [0.3, 0.4) is 0 Å². The van der Waals surface area contributed by atoms with Crippen LogP contribution >= 0.6 is 23.2 Å². The number of imide groups is 2. The van der Waals surface area contributed by atoms with Crippen molar-refractivity contribution in [2.24, 2.45) is 0 Å². The van der Waals surface area contributed by atoms with E-state index in [1.54, 1.807) is 43.3 Å². The topological polar surface area (TPSA) is 84.9 Å². The molecule has 4 amide bonds. The molecule has 0 atom stereocenters. The Morgan fingerprint density at radius 1 is 1.00 bits per heavy atom. The van der Waals surface area contributed by atoms with Crippen LogP contribution in [0, 0.1) is 5.82 Å². The van der Waals surface area contributed by atoms with Crippen LogP contribution in [-0.4, -0.2) is 24.5 Å². The van der Waals surface area contributed by atoms with Crippen LogP contribution < -0.4 is 19.7 Å². The van der Waals surface area contributed by atoms with Crippen molar-refractivity contribution in [2.75, 3.05) is 11.5 Å². The number of carbonyl (C=O) groups excluding carboxylic acids is 3. The second-order valence-electron chi connectivity index (χ2n) is 8.37. The van der Waals surface area contributed by atoms with Crippen molar-refractivity contribution in [3.05, 3.63) is 105 Å². The van der Waals surface area contributed by atoms with Gasteiger partial charge in [-0.15, -0.1) is 6.58 Å². The number of hydrogen-bond acceptors (Lipinski definition) is 5. The van der Waals surface area contributed by atoms with E-state index in [2.05, 4.69) is 11.9 Å². The number of urea groups is 1. The molecular weight excluding hydrogens is 546 g/mol. The number of amides is 4. The summed E-state index contributed by atoms with van der Waals surface area (Å²) in [6, 6.07) is 12.9. The third-order valence-corrected chi connectivity index (χ3v) is 6.46. The van der Waals surface area contributed by atoms with Crippen molar-refractivity contribution in [3.63, 3.8) is 0 Å². The van der Waals surface area contributed by atoms with E-state index in [0.29, 0.717) is 41.2 Å². The Morgan fingerprint density at radius 3 is 2.46 bits per heavy atom. The molecule has 0 saturated carbocycles. The van der Waals surface area contributed by atoms with Gasteiger partial charge in [-0.1, -0.05) is 47.5 Å².